The number of hydrogen-bond acceptors (Lipinski definition) is 2. The van der Waals surface area contributed by atoms with Crippen LogP contribution in [-0.2, 0) is 11.0 Å². The normalized spacial score (nSPS) is 17.6. The van der Waals surface area contributed by atoms with Gasteiger partial charge in [0.25, 0.3) is 0 Å². The van der Waals surface area contributed by atoms with Crippen molar-refractivity contribution in [3.63, 3.8) is 0 Å². The summed E-state index contributed by atoms with van der Waals surface area (Å²) < 4.78 is 20.5. The molecule has 0 amide bonds. The van der Waals surface area contributed by atoms with Crippen molar-refractivity contribution in [1.29, 1.82) is 0 Å². The Morgan fingerprint density at radius 3 is 2.41 bits per heavy atom. The molecule has 1 atom stereocenters. The van der Waals surface area contributed by atoms with Gasteiger partial charge in [0.15, 0.2) is 8.32 Å². The molecule has 0 aliphatic heterocycles. The molecule has 1 aliphatic carbocycles. The fraction of sp³-hybridized carbons (Fsp3) is 0.667. The van der Waals surface area contributed by atoms with Crippen molar-refractivity contribution in [2.24, 2.45) is 11.7 Å². The van der Waals surface area contributed by atoms with Crippen LogP contribution in [0.25, 0.3) is 0 Å². The van der Waals surface area contributed by atoms with Crippen LogP contribution in [0.2, 0.25) is 18.1 Å². The molecular formula is C18H30FNOSi. The molecule has 1 aromatic rings. The van der Waals surface area contributed by atoms with Crippen LogP contribution in [-0.4, -0.2) is 14.9 Å². The van der Waals surface area contributed by atoms with Gasteiger partial charge in [0.1, 0.15) is 5.82 Å². The van der Waals surface area contributed by atoms with E-state index in [0.717, 1.165) is 5.56 Å². The molecule has 2 N–H and O–H groups in total. The van der Waals surface area contributed by atoms with Crippen molar-refractivity contribution in [3.8, 4) is 0 Å². The first-order valence-corrected chi connectivity index (χ1v) is 11.2. The number of rotatable bonds is 6. The third-order valence-electron chi connectivity index (χ3n) is 5.34. The Kier molecular flexibility index (Phi) is 5.15. The Bertz CT molecular complexity index is 520. The van der Waals surface area contributed by atoms with Gasteiger partial charge in [-0.25, -0.2) is 4.39 Å². The van der Waals surface area contributed by atoms with Gasteiger partial charge in [-0.1, -0.05) is 32.9 Å². The number of benzene rings is 1. The minimum absolute atomic E-state index is 0.139. The highest BCUT2D eigenvalue weighted by Crippen LogP contribution is 2.42. The van der Waals surface area contributed by atoms with Crippen molar-refractivity contribution < 1.29 is 8.82 Å². The van der Waals surface area contributed by atoms with Crippen molar-refractivity contribution in [3.05, 3.63) is 35.1 Å². The maximum absolute atomic E-state index is 14.4. The Hall–Kier alpha value is -0.713. The van der Waals surface area contributed by atoms with E-state index < -0.39 is 8.32 Å². The van der Waals surface area contributed by atoms with Gasteiger partial charge >= 0.3 is 0 Å². The van der Waals surface area contributed by atoms with Crippen molar-refractivity contribution in [2.75, 3.05) is 6.54 Å². The Morgan fingerprint density at radius 1 is 1.32 bits per heavy atom. The number of halogens is 1. The van der Waals surface area contributed by atoms with Gasteiger partial charge in [0.05, 0.1) is 6.61 Å². The molecule has 124 valence electrons. The lowest BCUT2D eigenvalue weighted by atomic mass is 9.93. The second-order valence-electron chi connectivity index (χ2n) is 8.08. The van der Waals surface area contributed by atoms with E-state index in [0.29, 0.717) is 30.6 Å². The SMILES string of the molecule is CC(C)(C)[Si](C)(C)OCc1ccc([C@@H](CN)C2CC2)cc1F. The summed E-state index contributed by atoms with van der Waals surface area (Å²) in [6.45, 7) is 11.9. The van der Waals surface area contributed by atoms with Crippen molar-refractivity contribution in [2.45, 2.75) is 64.3 Å². The first-order chi connectivity index (χ1) is 10.2. The summed E-state index contributed by atoms with van der Waals surface area (Å²) in [5, 5.41) is 0.139. The molecule has 0 spiro atoms. The molecule has 0 aromatic heterocycles. The highest BCUT2D eigenvalue weighted by atomic mass is 28.4. The molecule has 1 fully saturated rings. The predicted octanol–water partition coefficient (Wildman–Crippen LogP) is 4.80. The second kappa shape index (κ2) is 6.42. The molecule has 1 aromatic carbocycles. The largest absolute Gasteiger partial charge is 0.412 e. The lowest BCUT2D eigenvalue weighted by Crippen LogP contribution is -2.40. The molecule has 2 rings (SSSR count). The van der Waals surface area contributed by atoms with Crippen LogP contribution < -0.4 is 5.73 Å². The van der Waals surface area contributed by atoms with E-state index in [9.17, 15) is 4.39 Å². The van der Waals surface area contributed by atoms with Gasteiger partial charge in [-0.2, -0.15) is 0 Å². The minimum atomic E-state index is -1.85. The van der Waals surface area contributed by atoms with Crippen LogP contribution in [0.3, 0.4) is 0 Å². The Balaban J connectivity index is 2.07. The third-order valence-corrected chi connectivity index (χ3v) is 9.82. The van der Waals surface area contributed by atoms with E-state index in [1.54, 1.807) is 6.07 Å². The monoisotopic (exact) mass is 323 g/mol. The predicted molar refractivity (Wildman–Crippen MR) is 92.9 cm³/mol. The molecule has 0 bridgehead atoms. The average molecular weight is 324 g/mol. The second-order valence-corrected chi connectivity index (χ2v) is 12.9. The summed E-state index contributed by atoms with van der Waals surface area (Å²) in [7, 11) is -1.85. The van der Waals surface area contributed by atoms with Crippen molar-refractivity contribution in [1.82, 2.24) is 0 Å². The Labute approximate surface area is 135 Å². The van der Waals surface area contributed by atoms with Gasteiger partial charge in [0.2, 0.25) is 0 Å². The first-order valence-electron chi connectivity index (χ1n) is 8.28. The molecule has 0 saturated heterocycles. The lowest BCUT2D eigenvalue weighted by molar-refractivity contribution is 0.271. The van der Waals surface area contributed by atoms with Crippen LogP contribution in [0.4, 0.5) is 4.39 Å². The van der Waals surface area contributed by atoms with E-state index in [4.69, 9.17) is 10.2 Å². The van der Waals surface area contributed by atoms with Crippen LogP contribution in [0.1, 0.15) is 50.7 Å². The zero-order valence-electron chi connectivity index (χ0n) is 14.6. The van der Waals surface area contributed by atoms with E-state index >= 15 is 0 Å². The van der Waals surface area contributed by atoms with Crippen LogP contribution in [0.15, 0.2) is 18.2 Å². The molecule has 1 aliphatic rings. The first kappa shape index (κ1) is 17.6. The van der Waals surface area contributed by atoms with Crippen LogP contribution >= 0.6 is 0 Å². The summed E-state index contributed by atoms with van der Waals surface area (Å²) in [6, 6.07) is 5.58. The molecular weight excluding hydrogens is 293 g/mol. The van der Waals surface area contributed by atoms with Crippen LogP contribution in [0.5, 0.6) is 0 Å². The molecule has 4 heteroatoms. The molecule has 22 heavy (non-hydrogen) atoms. The minimum Gasteiger partial charge on any atom is -0.412 e. The Morgan fingerprint density at radius 2 is 1.95 bits per heavy atom. The lowest BCUT2D eigenvalue weighted by Gasteiger charge is -2.36. The summed E-state index contributed by atoms with van der Waals surface area (Å²) in [6.07, 6.45) is 2.44. The zero-order chi connectivity index (χ0) is 16.5. The van der Waals surface area contributed by atoms with Gasteiger partial charge in [0, 0.05) is 5.56 Å². The molecule has 1 saturated carbocycles. The van der Waals surface area contributed by atoms with E-state index in [-0.39, 0.29) is 10.9 Å². The smallest absolute Gasteiger partial charge is 0.192 e. The van der Waals surface area contributed by atoms with E-state index in [1.165, 1.54) is 12.8 Å². The quantitative estimate of drug-likeness (QED) is 0.763. The fourth-order valence-electron chi connectivity index (χ4n) is 2.49. The fourth-order valence-corrected chi connectivity index (χ4v) is 3.43. The maximum Gasteiger partial charge on any atom is 0.192 e. The molecule has 0 unspecified atom stereocenters. The van der Waals surface area contributed by atoms with E-state index in [1.807, 2.05) is 12.1 Å². The highest BCUT2D eigenvalue weighted by molar-refractivity contribution is 6.74. The molecule has 0 radical (unpaired) electrons. The zero-order valence-corrected chi connectivity index (χ0v) is 15.6. The molecule has 0 heterocycles. The van der Waals surface area contributed by atoms with Gasteiger partial charge in [-0.05, 0) is 61.0 Å². The van der Waals surface area contributed by atoms with Crippen LogP contribution in [0, 0.1) is 11.7 Å². The average Bonchev–Trinajstić information content (AvgIpc) is 3.22. The van der Waals surface area contributed by atoms with Crippen molar-refractivity contribution >= 4 is 8.32 Å². The van der Waals surface area contributed by atoms with Gasteiger partial charge in [-0.3, -0.25) is 0 Å². The summed E-state index contributed by atoms with van der Waals surface area (Å²) >= 11 is 0. The topological polar surface area (TPSA) is 35.2 Å². The number of hydrogen-bond donors (Lipinski definition) is 1. The van der Waals surface area contributed by atoms with Gasteiger partial charge < -0.3 is 10.2 Å². The maximum atomic E-state index is 14.4. The summed E-state index contributed by atoms with van der Waals surface area (Å²) in [5.74, 6) is 0.805. The number of nitrogens with two attached hydrogens (primary N) is 1. The highest BCUT2D eigenvalue weighted by Gasteiger charge is 2.37. The van der Waals surface area contributed by atoms with Gasteiger partial charge in [-0.15, -0.1) is 0 Å². The standard InChI is InChI=1S/C18H30FNOSi/c1-18(2,3)22(4,5)21-12-15-9-8-14(10-17(15)19)16(11-20)13-6-7-13/h8-10,13,16H,6-7,11-12,20H2,1-5H3/t16-/m0/s1. The van der Waals surface area contributed by atoms with E-state index in [2.05, 4.69) is 33.9 Å². The molecule has 2 nitrogen and oxygen atoms in total. The summed E-state index contributed by atoms with van der Waals surface area (Å²) in [5.41, 5.74) is 7.55. The third kappa shape index (κ3) is 3.97. The summed E-state index contributed by atoms with van der Waals surface area (Å²) in [4.78, 5) is 0.